The van der Waals surface area contributed by atoms with Crippen LogP contribution in [0, 0.1) is 0 Å². The van der Waals surface area contributed by atoms with Gasteiger partial charge in [0.2, 0.25) is 10.0 Å². The lowest BCUT2D eigenvalue weighted by Gasteiger charge is -2.38. The molecular weight excluding hydrogens is 474 g/mol. The summed E-state index contributed by atoms with van der Waals surface area (Å²) in [6, 6.07) is 11.9. The van der Waals surface area contributed by atoms with Crippen LogP contribution in [0.25, 0.3) is 10.2 Å². The van der Waals surface area contributed by atoms with E-state index in [1.165, 1.54) is 24.3 Å². The summed E-state index contributed by atoms with van der Waals surface area (Å²) in [7, 11) is -1.94. The predicted octanol–water partition coefficient (Wildman–Crippen LogP) is 3.91. The molecule has 2 aliphatic heterocycles. The highest BCUT2D eigenvalue weighted by atomic mass is 32.2. The van der Waals surface area contributed by atoms with Crippen LogP contribution < -0.4 is 9.64 Å². The number of carbonyl (C=O) groups is 1. The second-order valence-electron chi connectivity index (χ2n) is 8.72. The Balaban J connectivity index is 1.20. The van der Waals surface area contributed by atoms with Gasteiger partial charge in [0, 0.05) is 12.6 Å². The third-order valence-electron chi connectivity index (χ3n) is 6.42. The first kappa shape index (κ1) is 23.1. The lowest BCUT2D eigenvalue weighted by atomic mass is 10.1. The molecule has 0 saturated carbocycles. The minimum Gasteiger partial charge on any atom is -0.494 e. The first-order chi connectivity index (χ1) is 16.4. The standard InChI is InChI=1S/C24H27N3O5S2/c1-16-6-3-4-13-27(16)34(29,30)19-11-9-17(10-12-19)23(28)32-18-14-26(15-18)24-25-22-20(31-2)7-5-8-21(22)33-24/h5,7-12,16,18H,3-4,6,13-15H2,1-2H3. The third kappa shape index (κ3) is 4.25. The molecule has 2 fully saturated rings. The molecule has 2 aromatic carbocycles. The monoisotopic (exact) mass is 501 g/mol. The van der Waals surface area contributed by atoms with E-state index in [0.717, 1.165) is 40.4 Å². The molecule has 0 bridgehead atoms. The van der Waals surface area contributed by atoms with Crippen molar-refractivity contribution in [1.29, 1.82) is 0 Å². The number of carbonyl (C=O) groups excluding carboxylic acids is 1. The second-order valence-corrected chi connectivity index (χ2v) is 11.6. The summed E-state index contributed by atoms with van der Waals surface area (Å²) in [4.78, 5) is 19.5. The Morgan fingerprint density at radius 3 is 2.59 bits per heavy atom. The Labute approximate surface area is 203 Å². The number of benzene rings is 2. The quantitative estimate of drug-likeness (QED) is 0.473. The van der Waals surface area contributed by atoms with Gasteiger partial charge < -0.3 is 14.4 Å². The molecular formula is C24H27N3O5S2. The molecule has 1 atom stereocenters. The molecule has 1 unspecified atom stereocenters. The molecule has 3 aromatic rings. The number of anilines is 1. The largest absolute Gasteiger partial charge is 0.494 e. The molecule has 3 heterocycles. The fourth-order valence-corrected chi connectivity index (χ4v) is 7.13. The Hall–Kier alpha value is -2.69. The van der Waals surface area contributed by atoms with E-state index in [0.29, 0.717) is 25.2 Å². The van der Waals surface area contributed by atoms with Crippen molar-refractivity contribution < 1.29 is 22.7 Å². The number of methoxy groups -OCH3 is 1. The average molecular weight is 502 g/mol. The molecule has 2 saturated heterocycles. The topological polar surface area (TPSA) is 89.0 Å². The predicted molar refractivity (Wildman–Crippen MR) is 131 cm³/mol. The molecule has 0 spiro atoms. The number of hydrogen-bond donors (Lipinski definition) is 0. The molecule has 0 N–H and O–H groups in total. The molecule has 180 valence electrons. The van der Waals surface area contributed by atoms with Crippen molar-refractivity contribution in [1.82, 2.24) is 9.29 Å². The maximum absolute atomic E-state index is 13.0. The van der Waals surface area contributed by atoms with E-state index in [9.17, 15) is 13.2 Å². The number of fused-ring (bicyclic) bond motifs is 1. The number of esters is 1. The molecule has 0 radical (unpaired) electrons. The maximum Gasteiger partial charge on any atom is 0.338 e. The SMILES string of the molecule is COc1cccc2sc(N3CC(OC(=O)c4ccc(S(=O)(=O)N5CCCCC5C)cc4)C3)nc12. The normalized spacial score (nSPS) is 19.7. The van der Waals surface area contributed by atoms with E-state index in [1.54, 1.807) is 22.8 Å². The van der Waals surface area contributed by atoms with Crippen LogP contribution in [0.5, 0.6) is 5.75 Å². The van der Waals surface area contributed by atoms with Gasteiger partial charge in [0.1, 0.15) is 17.4 Å². The van der Waals surface area contributed by atoms with E-state index in [2.05, 4.69) is 9.88 Å². The molecule has 0 aliphatic carbocycles. The summed E-state index contributed by atoms with van der Waals surface area (Å²) in [5.41, 5.74) is 1.17. The number of sulfonamides is 1. The first-order valence-corrected chi connectivity index (χ1v) is 13.6. The van der Waals surface area contributed by atoms with Crippen molar-refractivity contribution in [3.05, 3.63) is 48.0 Å². The molecule has 1 aromatic heterocycles. The number of para-hydroxylation sites is 1. The van der Waals surface area contributed by atoms with E-state index in [1.807, 2.05) is 25.1 Å². The van der Waals surface area contributed by atoms with Gasteiger partial charge in [0.15, 0.2) is 5.13 Å². The van der Waals surface area contributed by atoms with Crippen LogP contribution in [0.15, 0.2) is 47.4 Å². The van der Waals surface area contributed by atoms with E-state index >= 15 is 0 Å². The number of thiazole rings is 1. The molecule has 0 amide bonds. The van der Waals surface area contributed by atoms with Crippen LogP contribution in [-0.2, 0) is 14.8 Å². The van der Waals surface area contributed by atoms with Gasteiger partial charge in [-0.25, -0.2) is 18.2 Å². The van der Waals surface area contributed by atoms with Crippen LogP contribution in [0.4, 0.5) is 5.13 Å². The highest BCUT2D eigenvalue weighted by Crippen LogP contribution is 2.36. The maximum atomic E-state index is 13.0. The van der Waals surface area contributed by atoms with Gasteiger partial charge in [-0.05, 0) is 56.2 Å². The Morgan fingerprint density at radius 2 is 1.88 bits per heavy atom. The van der Waals surface area contributed by atoms with Gasteiger partial charge >= 0.3 is 5.97 Å². The summed E-state index contributed by atoms with van der Waals surface area (Å²) in [6.45, 7) is 3.60. The van der Waals surface area contributed by atoms with E-state index in [4.69, 9.17) is 9.47 Å². The number of hydrogen-bond acceptors (Lipinski definition) is 8. The number of aromatic nitrogens is 1. The molecule has 2 aliphatic rings. The summed E-state index contributed by atoms with van der Waals surface area (Å²) in [6.07, 6.45) is 2.55. The Bertz CT molecular complexity index is 1300. The minimum absolute atomic E-state index is 0.0125. The number of rotatable bonds is 6. The van der Waals surface area contributed by atoms with Crippen LogP contribution in [0.2, 0.25) is 0 Å². The van der Waals surface area contributed by atoms with Crippen molar-refractivity contribution in [2.45, 2.75) is 43.2 Å². The molecule has 34 heavy (non-hydrogen) atoms. The molecule has 5 rings (SSSR count). The Kier molecular flexibility index (Phi) is 6.22. The summed E-state index contributed by atoms with van der Waals surface area (Å²) >= 11 is 1.58. The average Bonchev–Trinajstić information content (AvgIpc) is 3.25. The number of piperidine rings is 1. The van der Waals surface area contributed by atoms with Gasteiger partial charge in [-0.2, -0.15) is 4.31 Å². The van der Waals surface area contributed by atoms with Crippen LogP contribution in [-0.4, -0.2) is 62.6 Å². The summed E-state index contributed by atoms with van der Waals surface area (Å²) < 4.78 is 39.6. The van der Waals surface area contributed by atoms with Gasteiger partial charge in [-0.3, -0.25) is 0 Å². The van der Waals surface area contributed by atoms with Gasteiger partial charge in [0.05, 0.1) is 35.4 Å². The van der Waals surface area contributed by atoms with Gasteiger partial charge in [0.25, 0.3) is 0 Å². The molecule has 10 heteroatoms. The van der Waals surface area contributed by atoms with Gasteiger partial charge in [-0.15, -0.1) is 0 Å². The van der Waals surface area contributed by atoms with E-state index < -0.39 is 16.0 Å². The van der Waals surface area contributed by atoms with Crippen LogP contribution >= 0.6 is 11.3 Å². The highest BCUT2D eigenvalue weighted by molar-refractivity contribution is 7.89. The van der Waals surface area contributed by atoms with E-state index in [-0.39, 0.29) is 17.0 Å². The van der Waals surface area contributed by atoms with Crippen molar-refractivity contribution in [2.75, 3.05) is 31.6 Å². The Morgan fingerprint density at radius 1 is 1.12 bits per heavy atom. The zero-order valence-corrected chi connectivity index (χ0v) is 20.8. The molecule has 8 nitrogen and oxygen atoms in total. The number of nitrogens with zero attached hydrogens (tertiary/aromatic N) is 3. The van der Waals surface area contributed by atoms with Crippen LogP contribution in [0.3, 0.4) is 0 Å². The zero-order valence-electron chi connectivity index (χ0n) is 19.1. The fraction of sp³-hybridized carbons (Fsp3) is 0.417. The van der Waals surface area contributed by atoms with Crippen LogP contribution in [0.1, 0.15) is 36.5 Å². The van der Waals surface area contributed by atoms with Gasteiger partial charge in [-0.1, -0.05) is 23.8 Å². The summed E-state index contributed by atoms with van der Waals surface area (Å²) in [5, 5.41) is 0.869. The number of ether oxygens (including phenoxy) is 2. The zero-order chi connectivity index (χ0) is 23.9. The lowest BCUT2D eigenvalue weighted by Crippen LogP contribution is -2.53. The highest BCUT2D eigenvalue weighted by Gasteiger charge is 2.33. The van der Waals surface area contributed by atoms with Crippen molar-refractivity contribution in [2.24, 2.45) is 0 Å². The fourth-order valence-electron chi connectivity index (χ4n) is 4.43. The smallest absolute Gasteiger partial charge is 0.338 e. The first-order valence-electron chi connectivity index (χ1n) is 11.4. The third-order valence-corrected chi connectivity index (χ3v) is 9.53. The summed E-state index contributed by atoms with van der Waals surface area (Å²) in [5.74, 6) is 0.287. The minimum atomic E-state index is -3.56. The van der Waals surface area contributed by atoms with Crippen molar-refractivity contribution in [3.63, 3.8) is 0 Å². The second kappa shape index (κ2) is 9.16. The van der Waals surface area contributed by atoms with Crippen molar-refractivity contribution >= 4 is 42.7 Å². The lowest BCUT2D eigenvalue weighted by molar-refractivity contribution is 0.0234. The van der Waals surface area contributed by atoms with Crippen molar-refractivity contribution in [3.8, 4) is 5.75 Å².